The summed E-state index contributed by atoms with van der Waals surface area (Å²) in [5.41, 5.74) is 7.45. The highest BCUT2D eigenvalue weighted by atomic mass is 35.5. The smallest absolute Gasteiger partial charge is 0.142 e. The summed E-state index contributed by atoms with van der Waals surface area (Å²) >= 11 is 6.10. The second-order valence-electron chi connectivity index (χ2n) is 3.47. The molecule has 1 aliphatic rings. The van der Waals surface area contributed by atoms with Crippen LogP contribution in [0.25, 0.3) is 0 Å². The Bertz CT molecular complexity index is 350. The molecule has 3 N–H and O–H groups in total. The Kier molecular flexibility index (Phi) is 2.52. The highest BCUT2D eigenvalue weighted by molar-refractivity contribution is 6.31. The van der Waals surface area contributed by atoms with Crippen molar-refractivity contribution in [1.82, 2.24) is 5.32 Å². The molecule has 1 fully saturated rings. The van der Waals surface area contributed by atoms with Gasteiger partial charge in [0.15, 0.2) is 0 Å². The van der Waals surface area contributed by atoms with Gasteiger partial charge in [-0.1, -0.05) is 11.6 Å². The summed E-state index contributed by atoms with van der Waals surface area (Å²) in [6.45, 7) is 1.96. The van der Waals surface area contributed by atoms with Crippen LogP contribution in [-0.4, -0.2) is 20.2 Å². The van der Waals surface area contributed by atoms with Crippen molar-refractivity contribution >= 4 is 17.3 Å². The number of ether oxygens (including phenoxy) is 1. The van der Waals surface area contributed by atoms with E-state index in [0.29, 0.717) is 17.4 Å². The molecule has 2 rings (SSSR count). The third-order valence-corrected chi connectivity index (χ3v) is 2.90. The highest BCUT2D eigenvalue weighted by Gasteiger charge is 2.22. The minimum Gasteiger partial charge on any atom is -0.495 e. The average molecular weight is 213 g/mol. The van der Waals surface area contributed by atoms with Crippen molar-refractivity contribution in [2.24, 2.45) is 0 Å². The zero-order valence-corrected chi connectivity index (χ0v) is 8.77. The van der Waals surface area contributed by atoms with E-state index >= 15 is 0 Å². The minimum atomic E-state index is 0.497. The molecule has 0 amide bonds. The molecular weight excluding hydrogens is 200 g/mol. The molecule has 0 unspecified atom stereocenters. The largest absolute Gasteiger partial charge is 0.495 e. The summed E-state index contributed by atoms with van der Waals surface area (Å²) in [6, 6.07) is 3.69. The summed E-state index contributed by atoms with van der Waals surface area (Å²) < 4.78 is 5.16. The lowest BCUT2D eigenvalue weighted by molar-refractivity contribution is 0.411. The number of hydrogen-bond acceptors (Lipinski definition) is 3. The number of nitrogens with two attached hydrogens (primary N) is 1. The van der Waals surface area contributed by atoms with Crippen LogP contribution in [0.3, 0.4) is 0 Å². The second kappa shape index (κ2) is 3.67. The molecule has 3 nitrogen and oxygen atoms in total. The van der Waals surface area contributed by atoms with Crippen LogP contribution in [0.2, 0.25) is 5.02 Å². The number of halogens is 1. The van der Waals surface area contributed by atoms with Crippen LogP contribution in [0.5, 0.6) is 5.75 Å². The van der Waals surface area contributed by atoms with Crippen molar-refractivity contribution in [3.63, 3.8) is 0 Å². The first-order chi connectivity index (χ1) is 6.72. The second-order valence-corrected chi connectivity index (χ2v) is 3.88. The van der Waals surface area contributed by atoms with E-state index in [-0.39, 0.29) is 0 Å². The number of nitrogen functional groups attached to an aromatic ring is 1. The van der Waals surface area contributed by atoms with Gasteiger partial charge in [-0.2, -0.15) is 0 Å². The Hall–Kier alpha value is -0.930. The normalized spacial score (nSPS) is 16.4. The quantitative estimate of drug-likeness (QED) is 0.733. The van der Waals surface area contributed by atoms with Gasteiger partial charge >= 0.3 is 0 Å². The summed E-state index contributed by atoms with van der Waals surface area (Å²) in [6.07, 6.45) is 0. The lowest BCUT2D eigenvalue weighted by Gasteiger charge is -2.28. The highest BCUT2D eigenvalue weighted by Crippen LogP contribution is 2.34. The van der Waals surface area contributed by atoms with E-state index in [9.17, 15) is 0 Å². The van der Waals surface area contributed by atoms with E-state index in [2.05, 4.69) is 5.32 Å². The maximum absolute atomic E-state index is 6.10. The third kappa shape index (κ3) is 1.53. The fourth-order valence-corrected chi connectivity index (χ4v) is 1.91. The molecule has 0 spiro atoms. The number of anilines is 1. The summed E-state index contributed by atoms with van der Waals surface area (Å²) in [5, 5.41) is 3.94. The van der Waals surface area contributed by atoms with Gasteiger partial charge in [-0.15, -0.1) is 0 Å². The van der Waals surface area contributed by atoms with Gasteiger partial charge < -0.3 is 15.8 Å². The van der Waals surface area contributed by atoms with Gasteiger partial charge in [0.2, 0.25) is 0 Å². The van der Waals surface area contributed by atoms with Gasteiger partial charge in [0, 0.05) is 24.0 Å². The number of rotatable bonds is 2. The zero-order chi connectivity index (χ0) is 10.1. The van der Waals surface area contributed by atoms with Gasteiger partial charge in [-0.3, -0.25) is 0 Å². The lowest BCUT2D eigenvalue weighted by Crippen LogP contribution is -2.40. The molecule has 0 saturated carbocycles. The van der Waals surface area contributed by atoms with Crippen LogP contribution < -0.4 is 15.8 Å². The van der Waals surface area contributed by atoms with Crippen molar-refractivity contribution < 1.29 is 4.74 Å². The molecule has 1 heterocycles. The van der Waals surface area contributed by atoms with Crippen LogP contribution >= 0.6 is 11.6 Å². The lowest BCUT2D eigenvalue weighted by atomic mass is 9.93. The fraction of sp³-hybridized carbons (Fsp3) is 0.400. The zero-order valence-electron chi connectivity index (χ0n) is 8.01. The molecule has 0 bridgehead atoms. The average Bonchev–Trinajstić information content (AvgIpc) is 2.06. The molecule has 0 aliphatic carbocycles. The predicted octanol–water partition coefficient (Wildman–Crippen LogP) is 1.62. The van der Waals surface area contributed by atoms with Gasteiger partial charge in [0.05, 0.1) is 12.8 Å². The molecule has 4 heteroatoms. The minimum absolute atomic E-state index is 0.497. The van der Waals surface area contributed by atoms with Crippen LogP contribution in [0.1, 0.15) is 11.5 Å². The molecular formula is C10H13ClN2O. The van der Waals surface area contributed by atoms with E-state index < -0.39 is 0 Å². The first-order valence-corrected chi connectivity index (χ1v) is 4.93. The third-order valence-electron chi connectivity index (χ3n) is 2.57. The van der Waals surface area contributed by atoms with E-state index in [1.165, 1.54) is 0 Å². The summed E-state index contributed by atoms with van der Waals surface area (Å²) in [4.78, 5) is 0. The molecule has 0 radical (unpaired) electrons. The Balaban J connectivity index is 2.38. The monoisotopic (exact) mass is 212 g/mol. The van der Waals surface area contributed by atoms with Gasteiger partial charge in [0.25, 0.3) is 0 Å². The van der Waals surface area contributed by atoms with Crippen LogP contribution in [0, 0.1) is 0 Å². The molecule has 1 aromatic rings. The van der Waals surface area contributed by atoms with E-state index in [1.54, 1.807) is 13.2 Å². The Labute approximate surface area is 88.2 Å². The molecule has 1 aliphatic heterocycles. The Morgan fingerprint density at radius 3 is 2.71 bits per heavy atom. The standard InChI is InChI=1S/C10H13ClN2O/c1-14-10-2-7(6-4-13-5-6)8(11)3-9(10)12/h2-3,6,13H,4-5,12H2,1H3. The van der Waals surface area contributed by atoms with E-state index in [4.69, 9.17) is 22.1 Å². The maximum atomic E-state index is 6.10. The molecule has 0 aromatic heterocycles. The van der Waals surface area contributed by atoms with Crippen molar-refractivity contribution in [1.29, 1.82) is 0 Å². The fourth-order valence-electron chi connectivity index (χ4n) is 1.58. The Morgan fingerprint density at radius 2 is 2.21 bits per heavy atom. The summed E-state index contributed by atoms with van der Waals surface area (Å²) in [5.74, 6) is 1.20. The van der Waals surface area contributed by atoms with E-state index in [1.807, 2.05) is 6.07 Å². The number of hydrogen-bond donors (Lipinski definition) is 2. The first-order valence-electron chi connectivity index (χ1n) is 4.56. The maximum Gasteiger partial charge on any atom is 0.142 e. The number of methoxy groups -OCH3 is 1. The molecule has 1 saturated heterocycles. The van der Waals surface area contributed by atoms with Crippen LogP contribution in [-0.2, 0) is 0 Å². The van der Waals surface area contributed by atoms with Crippen LogP contribution in [0.15, 0.2) is 12.1 Å². The summed E-state index contributed by atoms with van der Waals surface area (Å²) in [7, 11) is 1.61. The number of nitrogens with one attached hydrogen (secondary N) is 1. The Morgan fingerprint density at radius 1 is 1.50 bits per heavy atom. The van der Waals surface area contributed by atoms with Gasteiger partial charge in [0.1, 0.15) is 5.75 Å². The molecule has 0 atom stereocenters. The molecule has 1 aromatic carbocycles. The topological polar surface area (TPSA) is 47.3 Å². The first kappa shape index (κ1) is 9.62. The van der Waals surface area contributed by atoms with Crippen molar-refractivity contribution in [3.8, 4) is 5.75 Å². The SMILES string of the molecule is COc1cc(C2CNC2)c(Cl)cc1N. The van der Waals surface area contributed by atoms with Gasteiger partial charge in [-0.05, 0) is 17.7 Å². The molecule has 14 heavy (non-hydrogen) atoms. The van der Waals surface area contributed by atoms with Crippen molar-refractivity contribution in [2.75, 3.05) is 25.9 Å². The molecule has 76 valence electrons. The van der Waals surface area contributed by atoms with Crippen LogP contribution in [0.4, 0.5) is 5.69 Å². The van der Waals surface area contributed by atoms with Gasteiger partial charge in [-0.25, -0.2) is 0 Å². The predicted molar refractivity (Wildman–Crippen MR) is 58.0 cm³/mol. The van der Waals surface area contributed by atoms with Crippen molar-refractivity contribution in [3.05, 3.63) is 22.7 Å². The number of benzene rings is 1. The van der Waals surface area contributed by atoms with E-state index in [0.717, 1.165) is 23.7 Å². The van der Waals surface area contributed by atoms with Crippen molar-refractivity contribution in [2.45, 2.75) is 5.92 Å².